The van der Waals surface area contributed by atoms with Crippen LogP contribution in [-0.4, -0.2) is 47.1 Å². The van der Waals surface area contributed by atoms with Crippen LogP contribution in [0, 0.1) is 0 Å². The van der Waals surface area contributed by atoms with Gasteiger partial charge in [-0.15, -0.1) is 0 Å². The van der Waals surface area contributed by atoms with Crippen molar-refractivity contribution >= 4 is 39.4 Å². The Balaban J connectivity index is 0. The van der Waals surface area contributed by atoms with Crippen molar-refractivity contribution in [3.05, 3.63) is 0 Å². The van der Waals surface area contributed by atoms with Gasteiger partial charge < -0.3 is 9.11 Å². The maximum absolute atomic E-state index is 9.20. The van der Waals surface area contributed by atoms with Crippen LogP contribution in [0.5, 0.6) is 0 Å². The van der Waals surface area contributed by atoms with Crippen LogP contribution in [0.1, 0.15) is 39.5 Å². The van der Waals surface area contributed by atoms with Gasteiger partial charge in [0.1, 0.15) is 0 Å². The summed E-state index contributed by atoms with van der Waals surface area (Å²) in [7, 11) is -11.3. The minimum Gasteiger partial charge on any atom is -0.736 e. The van der Waals surface area contributed by atoms with Crippen molar-refractivity contribution in [2.45, 2.75) is 48.4 Å². The molecular weight excluding hydrogens is 375 g/mol. The molecule has 0 rings (SSSR count). The molecule has 0 aliphatic rings. The van der Waals surface area contributed by atoms with Crippen molar-refractivity contribution in [2.24, 2.45) is 0 Å². The van der Waals surface area contributed by atoms with E-state index in [-0.39, 0.29) is 21.1 Å². The van der Waals surface area contributed by atoms with E-state index in [4.69, 9.17) is 0 Å². The summed E-state index contributed by atoms with van der Waals surface area (Å²) in [6, 6.07) is 0. The molecule has 0 heterocycles. The van der Waals surface area contributed by atoms with E-state index in [0.29, 0.717) is 0 Å². The maximum atomic E-state index is 9.20. The first kappa shape index (κ1) is 19.9. The summed E-state index contributed by atoms with van der Waals surface area (Å²) in [6.45, 7) is 4.58. The first-order valence-electron chi connectivity index (χ1n) is 5.29. The molecule has 6 nitrogen and oxygen atoms in total. The van der Waals surface area contributed by atoms with Crippen molar-refractivity contribution in [3.8, 4) is 0 Å². The SMILES string of the molecule is CCC[CH2][Sn+2][CH2]CCC.O=S(=O)([O-])S(=O)(=O)[O-]. The van der Waals surface area contributed by atoms with Gasteiger partial charge >= 0.3 is 69.5 Å². The number of rotatable bonds is 7. The van der Waals surface area contributed by atoms with Crippen LogP contribution in [0.2, 0.25) is 8.87 Å². The molecule has 9 heteroatoms. The second kappa shape index (κ2) is 10.5. The van der Waals surface area contributed by atoms with Crippen molar-refractivity contribution in [1.82, 2.24) is 0 Å². The normalized spacial score (nSPS) is 11.3. The molecular formula is C8H18O6S2Sn. The van der Waals surface area contributed by atoms with Crippen molar-refractivity contribution in [1.29, 1.82) is 0 Å². The van der Waals surface area contributed by atoms with E-state index in [1.807, 2.05) is 0 Å². The summed E-state index contributed by atoms with van der Waals surface area (Å²) in [4.78, 5) is 0. The molecule has 0 saturated carbocycles. The average Bonchev–Trinajstić information content (AvgIpc) is 2.15. The molecule has 0 saturated heterocycles. The number of hydrogen-bond donors (Lipinski definition) is 0. The quantitative estimate of drug-likeness (QED) is 0.277. The summed E-state index contributed by atoms with van der Waals surface area (Å²) in [5, 5.41) is 0. The van der Waals surface area contributed by atoms with E-state index in [1.165, 1.54) is 25.7 Å². The monoisotopic (exact) mass is 394 g/mol. The fraction of sp³-hybridized carbons (Fsp3) is 1.00. The van der Waals surface area contributed by atoms with Crippen molar-refractivity contribution in [3.63, 3.8) is 0 Å². The molecule has 0 atom stereocenters. The van der Waals surface area contributed by atoms with Crippen LogP contribution in [0.3, 0.4) is 0 Å². The molecule has 0 unspecified atom stereocenters. The predicted molar refractivity (Wildman–Crippen MR) is 64.6 cm³/mol. The van der Waals surface area contributed by atoms with E-state index < -0.39 is 18.3 Å². The predicted octanol–water partition coefficient (Wildman–Crippen LogP) is 1.12. The van der Waals surface area contributed by atoms with Crippen LogP contribution >= 0.6 is 0 Å². The molecule has 0 radical (unpaired) electrons. The van der Waals surface area contributed by atoms with Gasteiger partial charge in [0.05, 0.1) is 0 Å². The second-order valence-corrected chi connectivity index (χ2v) is 11.6. The van der Waals surface area contributed by atoms with E-state index in [9.17, 15) is 25.9 Å². The molecule has 0 amide bonds. The summed E-state index contributed by atoms with van der Waals surface area (Å²) < 4.78 is 58.4. The van der Waals surface area contributed by atoms with Crippen LogP contribution in [0.15, 0.2) is 0 Å². The Morgan fingerprint density at radius 3 is 1.29 bits per heavy atom. The molecule has 0 aromatic rings. The first-order valence-corrected chi connectivity index (χ1v) is 12.7. The van der Waals surface area contributed by atoms with Gasteiger partial charge in [0.25, 0.3) is 0 Å². The fourth-order valence-electron chi connectivity index (χ4n) is 0.729. The molecule has 0 aromatic heterocycles. The zero-order chi connectivity index (χ0) is 13.9. The Hall–Kier alpha value is 0.619. The number of unbranched alkanes of at least 4 members (excludes halogenated alkanes) is 2. The van der Waals surface area contributed by atoms with Crippen LogP contribution in [0.4, 0.5) is 0 Å². The molecule has 0 bridgehead atoms. The molecule has 0 N–H and O–H groups in total. The fourth-order valence-corrected chi connectivity index (χ4v) is 4.89. The zero-order valence-corrected chi connectivity index (χ0v) is 14.5. The second-order valence-electron chi connectivity index (χ2n) is 3.27. The minimum atomic E-state index is -5.67. The van der Waals surface area contributed by atoms with E-state index in [1.54, 1.807) is 8.87 Å². The Bertz CT molecular complexity index is 325. The smallest absolute Gasteiger partial charge is 0.191 e. The van der Waals surface area contributed by atoms with Gasteiger partial charge in [0, 0.05) is 0 Å². The molecule has 17 heavy (non-hydrogen) atoms. The minimum absolute atomic E-state index is 0.149. The van der Waals surface area contributed by atoms with Crippen LogP contribution in [-0.2, 0) is 18.3 Å². The third kappa shape index (κ3) is 14.6. The molecule has 0 aliphatic carbocycles. The van der Waals surface area contributed by atoms with Crippen molar-refractivity contribution < 1.29 is 25.9 Å². The Morgan fingerprint density at radius 1 is 0.824 bits per heavy atom. The standard InChI is InChI=1S/2C4H9.H2O6S2.Sn/c2*1-3-4-2;1-7(2,3)8(4,5)6;/h2*1,3-4H2,2H3;(H,1,2,3)(H,4,5,6);/q;;;+2/p-2. The van der Waals surface area contributed by atoms with E-state index in [0.717, 1.165) is 0 Å². The summed E-state index contributed by atoms with van der Waals surface area (Å²) in [6.07, 6.45) is 5.84. The third-order valence-electron chi connectivity index (χ3n) is 1.66. The summed E-state index contributed by atoms with van der Waals surface area (Å²) >= 11 is 0.149. The van der Waals surface area contributed by atoms with Gasteiger partial charge in [0.2, 0.25) is 0 Å². The van der Waals surface area contributed by atoms with Gasteiger partial charge in [-0.2, -0.15) is 0 Å². The van der Waals surface area contributed by atoms with Gasteiger partial charge in [-0.3, -0.25) is 0 Å². The van der Waals surface area contributed by atoms with Gasteiger partial charge in [0.15, 0.2) is 18.3 Å². The molecule has 0 spiro atoms. The molecule has 0 fully saturated rings. The van der Waals surface area contributed by atoms with E-state index >= 15 is 0 Å². The first-order chi connectivity index (χ1) is 7.66. The van der Waals surface area contributed by atoms with Gasteiger partial charge in [-0.05, 0) is 0 Å². The van der Waals surface area contributed by atoms with Crippen LogP contribution in [0.25, 0.3) is 0 Å². The molecule has 102 valence electrons. The largest absolute Gasteiger partial charge is 0.736 e. The summed E-state index contributed by atoms with van der Waals surface area (Å²) in [5.74, 6) is 0. The Kier molecular flexibility index (Phi) is 12.4. The van der Waals surface area contributed by atoms with Gasteiger partial charge in [-0.25, -0.2) is 16.8 Å². The Morgan fingerprint density at radius 2 is 1.12 bits per heavy atom. The zero-order valence-electron chi connectivity index (χ0n) is 10.0. The van der Waals surface area contributed by atoms with Crippen molar-refractivity contribution in [2.75, 3.05) is 0 Å². The molecule has 0 aliphatic heterocycles. The topological polar surface area (TPSA) is 114 Å². The average molecular weight is 393 g/mol. The summed E-state index contributed by atoms with van der Waals surface area (Å²) in [5.41, 5.74) is 0. The van der Waals surface area contributed by atoms with Gasteiger partial charge in [-0.1, -0.05) is 0 Å². The molecule has 0 aromatic carbocycles. The maximum Gasteiger partial charge on any atom is 0.191 e. The van der Waals surface area contributed by atoms with Crippen LogP contribution < -0.4 is 0 Å². The van der Waals surface area contributed by atoms with E-state index in [2.05, 4.69) is 13.8 Å². The number of hydrogen-bond acceptors (Lipinski definition) is 6. The third-order valence-corrected chi connectivity index (χ3v) is 7.70. The Labute approximate surface area is 113 Å².